The molecule has 0 N–H and O–H groups in total. The van der Waals surface area contributed by atoms with Crippen LogP contribution in [0, 0.1) is 6.92 Å². The first-order chi connectivity index (χ1) is 9.06. The van der Waals surface area contributed by atoms with Crippen molar-refractivity contribution in [2.45, 2.75) is 32.6 Å². The van der Waals surface area contributed by atoms with Crippen molar-refractivity contribution in [2.75, 3.05) is 12.4 Å². The van der Waals surface area contributed by atoms with Crippen molar-refractivity contribution in [3.8, 4) is 0 Å². The van der Waals surface area contributed by atoms with Gasteiger partial charge in [0.1, 0.15) is 5.65 Å². The molecule has 0 radical (unpaired) electrons. The molecule has 2 aromatic rings. The topological polar surface area (TPSA) is 43.6 Å². The zero-order valence-corrected chi connectivity index (χ0v) is 12.4. The van der Waals surface area contributed by atoms with Crippen molar-refractivity contribution >= 4 is 16.4 Å². The number of imidazole rings is 1. The summed E-state index contributed by atoms with van der Waals surface area (Å²) in [7, 11) is -0.922. The smallest absolute Gasteiger partial charge is 0.137 e. The molecule has 0 aliphatic heterocycles. The van der Waals surface area contributed by atoms with Crippen LogP contribution in [0.25, 0.3) is 5.65 Å². The molecule has 104 valence electrons. The molecule has 0 aliphatic carbocycles. The molecule has 0 unspecified atom stereocenters. The average molecular weight is 280 g/mol. The number of ether oxygens (including phenoxy) is 1. The first-order valence-corrected chi connectivity index (χ1v) is 7.95. The van der Waals surface area contributed by atoms with Gasteiger partial charge in [0, 0.05) is 28.4 Å². The molecular weight excluding hydrogens is 260 g/mol. The largest absolute Gasteiger partial charge is 0.378 e. The summed E-state index contributed by atoms with van der Waals surface area (Å²) >= 11 is 0. The summed E-state index contributed by atoms with van der Waals surface area (Å²) in [5.74, 6) is 1.05. The monoisotopic (exact) mass is 280 g/mol. The van der Waals surface area contributed by atoms with Gasteiger partial charge in [0.05, 0.1) is 24.2 Å². The van der Waals surface area contributed by atoms with Crippen molar-refractivity contribution in [3.05, 3.63) is 35.8 Å². The van der Waals surface area contributed by atoms with E-state index in [1.807, 2.05) is 49.6 Å². The molecule has 5 heteroatoms. The van der Waals surface area contributed by atoms with Gasteiger partial charge in [-0.25, -0.2) is 4.98 Å². The van der Waals surface area contributed by atoms with Crippen molar-refractivity contribution in [1.29, 1.82) is 0 Å². The number of nitrogens with zero attached hydrogens (tertiary/aromatic N) is 2. The van der Waals surface area contributed by atoms with Gasteiger partial charge in [0.15, 0.2) is 0 Å². The number of rotatable bonds is 6. The van der Waals surface area contributed by atoms with Gasteiger partial charge < -0.3 is 9.14 Å². The fourth-order valence-corrected chi connectivity index (χ4v) is 2.78. The van der Waals surface area contributed by atoms with E-state index in [2.05, 4.69) is 4.98 Å². The van der Waals surface area contributed by atoms with E-state index >= 15 is 0 Å². The van der Waals surface area contributed by atoms with E-state index in [4.69, 9.17) is 4.74 Å². The fraction of sp³-hybridized carbons (Fsp3) is 0.500. The Morgan fingerprint density at radius 3 is 2.89 bits per heavy atom. The molecule has 2 rings (SSSR count). The molecule has 0 amide bonds. The minimum Gasteiger partial charge on any atom is -0.378 e. The zero-order chi connectivity index (χ0) is 13.8. The summed E-state index contributed by atoms with van der Waals surface area (Å²) in [6, 6.07) is 5.97. The fourth-order valence-electron chi connectivity index (χ4n) is 1.88. The van der Waals surface area contributed by atoms with E-state index in [1.54, 1.807) is 0 Å². The van der Waals surface area contributed by atoms with Crippen LogP contribution in [0.4, 0.5) is 0 Å². The maximum atomic E-state index is 11.9. The standard InChI is InChI=1S/C14H20N2O2S/c1-11(2)18-7-8-19(17)10-13-9-16-12(3)5-4-6-14(16)15-13/h4-6,9,11H,7-8,10H2,1-3H3/t19-/m1/s1. The predicted octanol–water partition coefficient (Wildman–Crippen LogP) is 2.32. The Kier molecular flexibility index (Phi) is 4.71. The van der Waals surface area contributed by atoms with Crippen LogP contribution in [0.1, 0.15) is 25.2 Å². The number of hydrogen-bond donors (Lipinski definition) is 0. The van der Waals surface area contributed by atoms with Crippen LogP contribution < -0.4 is 0 Å². The molecule has 2 aromatic heterocycles. The second-order valence-electron chi connectivity index (χ2n) is 4.84. The zero-order valence-electron chi connectivity index (χ0n) is 11.6. The van der Waals surface area contributed by atoms with Gasteiger partial charge in [-0.2, -0.15) is 0 Å². The number of hydrogen-bond acceptors (Lipinski definition) is 3. The van der Waals surface area contributed by atoms with Crippen molar-refractivity contribution in [1.82, 2.24) is 9.38 Å². The third-order valence-corrected chi connectivity index (χ3v) is 4.06. The summed E-state index contributed by atoms with van der Waals surface area (Å²) in [5.41, 5.74) is 2.91. The Morgan fingerprint density at radius 1 is 1.42 bits per heavy atom. The molecule has 0 saturated heterocycles. The summed E-state index contributed by atoms with van der Waals surface area (Å²) < 4.78 is 19.4. The highest BCUT2D eigenvalue weighted by molar-refractivity contribution is 7.84. The summed E-state index contributed by atoms with van der Waals surface area (Å²) in [6.07, 6.45) is 2.15. The molecule has 0 aromatic carbocycles. The predicted molar refractivity (Wildman–Crippen MR) is 77.7 cm³/mol. The molecule has 4 nitrogen and oxygen atoms in total. The Balaban J connectivity index is 1.97. The minimum absolute atomic E-state index is 0.190. The summed E-state index contributed by atoms with van der Waals surface area (Å²) in [4.78, 5) is 4.49. The van der Waals surface area contributed by atoms with Gasteiger partial charge in [0.2, 0.25) is 0 Å². The lowest BCUT2D eigenvalue weighted by Gasteiger charge is -2.06. The van der Waals surface area contributed by atoms with E-state index in [-0.39, 0.29) is 6.10 Å². The second kappa shape index (κ2) is 6.30. The van der Waals surface area contributed by atoms with Crippen LogP contribution in [-0.2, 0) is 21.3 Å². The van der Waals surface area contributed by atoms with E-state index in [9.17, 15) is 4.21 Å². The third-order valence-electron chi connectivity index (χ3n) is 2.82. The normalized spacial score (nSPS) is 13.3. The maximum Gasteiger partial charge on any atom is 0.137 e. The Hall–Kier alpha value is -1.20. The Labute approximate surface area is 116 Å². The maximum absolute atomic E-state index is 11.9. The van der Waals surface area contributed by atoms with Gasteiger partial charge in [0.25, 0.3) is 0 Å². The van der Waals surface area contributed by atoms with Crippen molar-refractivity contribution in [2.24, 2.45) is 0 Å². The molecule has 0 spiro atoms. The highest BCUT2D eigenvalue weighted by atomic mass is 32.2. The molecule has 0 saturated carbocycles. The number of pyridine rings is 1. The summed E-state index contributed by atoms with van der Waals surface area (Å²) in [5, 5.41) is 0. The van der Waals surface area contributed by atoms with Crippen LogP contribution in [0.3, 0.4) is 0 Å². The quantitative estimate of drug-likeness (QED) is 0.815. The minimum atomic E-state index is -0.922. The average Bonchev–Trinajstić information content (AvgIpc) is 2.72. The van der Waals surface area contributed by atoms with E-state index in [1.165, 1.54) is 0 Å². The molecule has 0 aliphatic rings. The lowest BCUT2D eigenvalue weighted by Crippen LogP contribution is -2.12. The number of aromatic nitrogens is 2. The Bertz CT molecular complexity index is 578. The van der Waals surface area contributed by atoms with Gasteiger partial charge in [-0.3, -0.25) is 4.21 Å². The number of fused-ring (bicyclic) bond motifs is 1. The van der Waals surface area contributed by atoms with Gasteiger partial charge in [-0.05, 0) is 32.9 Å². The van der Waals surface area contributed by atoms with Crippen LogP contribution >= 0.6 is 0 Å². The molecule has 0 bridgehead atoms. The van der Waals surface area contributed by atoms with Gasteiger partial charge in [-0.1, -0.05) is 6.07 Å². The second-order valence-corrected chi connectivity index (χ2v) is 6.41. The third kappa shape index (κ3) is 3.88. The first-order valence-electron chi connectivity index (χ1n) is 6.46. The first kappa shape index (κ1) is 14.2. The SMILES string of the molecule is Cc1cccc2nc(C[S@](=O)CCOC(C)C)cn12. The Morgan fingerprint density at radius 2 is 2.21 bits per heavy atom. The van der Waals surface area contributed by atoms with Crippen molar-refractivity contribution < 1.29 is 8.95 Å². The van der Waals surface area contributed by atoms with E-state index in [0.717, 1.165) is 17.0 Å². The lowest BCUT2D eigenvalue weighted by atomic mass is 10.4. The van der Waals surface area contributed by atoms with E-state index < -0.39 is 10.8 Å². The highest BCUT2D eigenvalue weighted by Gasteiger charge is 2.07. The summed E-state index contributed by atoms with van der Waals surface area (Å²) in [6.45, 7) is 6.53. The van der Waals surface area contributed by atoms with E-state index in [0.29, 0.717) is 18.1 Å². The molecule has 1 atom stereocenters. The van der Waals surface area contributed by atoms with Crippen LogP contribution in [0.2, 0.25) is 0 Å². The highest BCUT2D eigenvalue weighted by Crippen LogP contribution is 2.10. The van der Waals surface area contributed by atoms with Crippen LogP contribution in [0.5, 0.6) is 0 Å². The van der Waals surface area contributed by atoms with Gasteiger partial charge >= 0.3 is 0 Å². The molecule has 19 heavy (non-hydrogen) atoms. The van der Waals surface area contributed by atoms with Crippen LogP contribution in [0.15, 0.2) is 24.4 Å². The number of aryl methyl sites for hydroxylation is 1. The van der Waals surface area contributed by atoms with Crippen molar-refractivity contribution in [3.63, 3.8) is 0 Å². The molecular formula is C14H20N2O2S. The van der Waals surface area contributed by atoms with Crippen LogP contribution in [-0.4, -0.2) is 32.1 Å². The lowest BCUT2D eigenvalue weighted by molar-refractivity contribution is 0.0916. The van der Waals surface area contributed by atoms with Gasteiger partial charge in [-0.15, -0.1) is 0 Å². The molecule has 2 heterocycles. The molecule has 0 fully saturated rings.